The van der Waals surface area contributed by atoms with Gasteiger partial charge < -0.3 is 39.1 Å². The summed E-state index contributed by atoms with van der Waals surface area (Å²) in [7, 11) is 1.53. The number of H-pyrrole nitrogens is 1. The molecule has 0 aliphatic carbocycles. The van der Waals surface area contributed by atoms with Gasteiger partial charge in [-0.25, -0.2) is 9.78 Å². The molecule has 3 N–H and O–H groups in total. The number of aromatic nitrogens is 2. The number of oxazole rings is 1. The van der Waals surface area contributed by atoms with Crippen molar-refractivity contribution in [2.24, 2.45) is 5.92 Å². The van der Waals surface area contributed by atoms with Crippen LogP contribution in [0.1, 0.15) is 70.8 Å². The van der Waals surface area contributed by atoms with E-state index in [1.54, 1.807) is 45.9 Å². The van der Waals surface area contributed by atoms with E-state index in [0.29, 0.717) is 52.1 Å². The highest BCUT2D eigenvalue weighted by Crippen LogP contribution is 2.33. The molecule has 45 heavy (non-hydrogen) atoms. The number of esters is 1. The van der Waals surface area contributed by atoms with Crippen LogP contribution in [0.4, 0.5) is 0 Å². The first kappa shape index (κ1) is 33.1. The average Bonchev–Trinajstić information content (AvgIpc) is 3.52. The monoisotopic (exact) mass is 623 g/mol. The molecular formula is C32H41N5O8. The van der Waals surface area contributed by atoms with Crippen molar-refractivity contribution in [2.45, 2.75) is 60.5 Å². The van der Waals surface area contributed by atoms with Crippen LogP contribution in [0.3, 0.4) is 0 Å². The van der Waals surface area contributed by atoms with Gasteiger partial charge in [-0.3, -0.25) is 14.4 Å². The van der Waals surface area contributed by atoms with E-state index in [2.05, 4.69) is 20.6 Å². The summed E-state index contributed by atoms with van der Waals surface area (Å²) in [5, 5.41) is 5.63. The number of carbonyl (C=O) groups excluding carboxylic acids is 4. The largest absolute Gasteiger partial charge is 0.493 e. The van der Waals surface area contributed by atoms with Gasteiger partial charge in [0.05, 0.1) is 39.0 Å². The first-order valence-electron chi connectivity index (χ1n) is 14.9. The number of aryl methyl sites for hydroxylation is 2. The van der Waals surface area contributed by atoms with Gasteiger partial charge in [0.1, 0.15) is 23.2 Å². The quantitative estimate of drug-likeness (QED) is 0.361. The van der Waals surface area contributed by atoms with Gasteiger partial charge in [-0.2, -0.15) is 0 Å². The maximum atomic E-state index is 13.9. The van der Waals surface area contributed by atoms with Gasteiger partial charge in [0, 0.05) is 17.8 Å². The molecule has 0 saturated carbocycles. The van der Waals surface area contributed by atoms with Crippen molar-refractivity contribution < 1.29 is 37.8 Å². The molecule has 0 unspecified atom stereocenters. The average molecular weight is 624 g/mol. The molecule has 1 atom stereocenters. The van der Waals surface area contributed by atoms with Crippen molar-refractivity contribution in [2.75, 3.05) is 33.4 Å². The summed E-state index contributed by atoms with van der Waals surface area (Å²) in [6.07, 6.45) is 0.353. The predicted octanol–water partition coefficient (Wildman–Crippen LogP) is 3.46. The third-order valence-corrected chi connectivity index (χ3v) is 7.58. The number of hydrogen-bond acceptors (Lipinski definition) is 9. The minimum atomic E-state index is -0.864. The van der Waals surface area contributed by atoms with Crippen molar-refractivity contribution in [1.82, 2.24) is 25.5 Å². The summed E-state index contributed by atoms with van der Waals surface area (Å²) in [5.41, 5.74) is 2.58. The summed E-state index contributed by atoms with van der Waals surface area (Å²) in [6, 6.07) is 4.43. The van der Waals surface area contributed by atoms with E-state index in [1.165, 1.54) is 12.0 Å². The van der Waals surface area contributed by atoms with Gasteiger partial charge in [-0.1, -0.05) is 13.8 Å². The van der Waals surface area contributed by atoms with Gasteiger partial charge in [-0.05, 0) is 63.8 Å². The number of carbonyl (C=O) groups is 4. The lowest BCUT2D eigenvalue weighted by Crippen LogP contribution is -2.52. The minimum Gasteiger partial charge on any atom is -0.493 e. The molecule has 0 radical (unpaired) electrons. The van der Waals surface area contributed by atoms with E-state index in [1.807, 2.05) is 13.8 Å². The zero-order valence-corrected chi connectivity index (χ0v) is 26.8. The molecule has 1 aliphatic rings. The molecule has 1 aliphatic heterocycles. The number of ether oxygens (including phenoxy) is 3. The Balaban J connectivity index is 1.67. The first-order valence-corrected chi connectivity index (χ1v) is 14.9. The van der Waals surface area contributed by atoms with E-state index in [4.69, 9.17) is 18.6 Å². The maximum absolute atomic E-state index is 13.9. The SMILES string of the molecule is CCOC(=O)c1c(C)[nH]c(C(=O)N2CCCOc3cc(ccc3OC)-c3nc(c(C)o3)CNC(=O)[C@H](C(C)C)NC(=O)C2)c1C. The van der Waals surface area contributed by atoms with E-state index < -0.39 is 29.7 Å². The Labute approximate surface area is 262 Å². The Morgan fingerprint density at radius 3 is 2.62 bits per heavy atom. The summed E-state index contributed by atoms with van der Waals surface area (Å²) >= 11 is 0. The minimum absolute atomic E-state index is 0.0889. The predicted molar refractivity (Wildman–Crippen MR) is 164 cm³/mol. The van der Waals surface area contributed by atoms with Crippen LogP contribution in [0.5, 0.6) is 11.5 Å². The number of nitrogens with one attached hydrogen (secondary N) is 3. The zero-order chi connectivity index (χ0) is 32.8. The van der Waals surface area contributed by atoms with E-state index >= 15 is 0 Å². The lowest BCUT2D eigenvalue weighted by molar-refractivity contribution is -0.130. The van der Waals surface area contributed by atoms with Crippen LogP contribution in [0.2, 0.25) is 0 Å². The second kappa shape index (κ2) is 14.3. The number of aromatic amines is 1. The van der Waals surface area contributed by atoms with Crippen LogP contribution >= 0.6 is 0 Å². The van der Waals surface area contributed by atoms with Gasteiger partial charge in [0.25, 0.3) is 5.91 Å². The molecule has 1 aromatic carbocycles. The fourth-order valence-electron chi connectivity index (χ4n) is 5.17. The second-order valence-corrected chi connectivity index (χ2v) is 11.2. The molecule has 4 bridgehead atoms. The Hall–Kier alpha value is -4.81. The third kappa shape index (κ3) is 7.47. The Morgan fingerprint density at radius 2 is 1.93 bits per heavy atom. The van der Waals surface area contributed by atoms with Crippen LogP contribution in [0.25, 0.3) is 11.5 Å². The topological polar surface area (TPSA) is 165 Å². The van der Waals surface area contributed by atoms with Crippen molar-refractivity contribution in [3.8, 4) is 23.0 Å². The van der Waals surface area contributed by atoms with Crippen LogP contribution in [0, 0.1) is 26.7 Å². The summed E-state index contributed by atoms with van der Waals surface area (Å²) < 4.78 is 22.6. The second-order valence-electron chi connectivity index (χ2n) is 11.2. The Bertz CT molecular complexity index is 1570. The highest BCUT2D eigenvalue weighted by molar-refractivity contribution is 6.01. The van der Waals surface area contributed by atoms with Crippen LogP contribution in [-0.4, -0.2) is 78.0 Å². The van der Waals surface area contributed by atoms with E-state index in [-0.39, 0.29) is 50.0 Å². The standard InChI is InChI=1S/C32H41N5O8/c1-8-43-32(41)26-18(4)28(34-19(26)5)31(40)37-12-9-13-44-24-14-21(10-11-23(24)42-7)30-35-22(20(6)45-30)15-33-29(39)27(17(2)3)36-25(38)16-37/h10-11,14,17,27,34H,8-9,12-13,15-16H2,1-7H3,(H,33,39)(H,36,38)/t27-/m0/s1. The van der Waals surface area contributed by atoms with Crippen molar-refractivity contribution >= 4 is 23.7 Å². The van der Waals surface area contributed by atoms with Crippen LogP contribution in [0.15, 0.2) is 22.6 Å². The molecule has 3 heterocycles. The summed E-state index contributed by atoms with van der Waals surface area (Å²) in [5.74, 6) is -0.314. The fraction of sp³-hybridized carbons (Fsp3) is 0.469. The smallest absolute Gasteiger partial charge is 0.340 e. The molecule has 242 valence electrons. The highest BCUT2D eigenvalue weighted by Gasteiger charge is 2.30. The third-order valence-electron chi connectivity index (χ3n) is 7.58. The van der Waals surface area contributed by atoms with Crippen molar-refractivity contribution in [3.05, 3.63) is 52.2 Å². The number of rotatable bonds is 5. The lowest BCUT2D eigenvalue weighted by atomic mass is 10.0. The molecule has 3 aromatic rings. The number of hydrogen-bond donors (Lipinski definition) is 3. The lowest BCUT2D eigenvalue weighted by Gasteiger charge is -2.26. The molecule has 0 spiro atoms. The van der Waals surface area contributed by atoms with Crippen molar-refractivity contribution in [3.63, 3.8) is 0 Å². The molecule has 0 fully saturated rings. The van der Waals surface area contributed by atoms with Gasteiger partial charge in [0.2, 0.25) is 17.7 Å². The molecule has 4 rings (SSSR count). The highest BCUT2D eigenvalue weighted by atomic mass is 16.5. The number of fused-ring (bicyclic) bond motifs is 5. The molecule has 13 nitrogen and oxygen atoms in total. The molecule has 13 heteroatoms. The van der Waals surface area contributed by atoms with Gasteiger partial charge in [0.15, 0.2) is 11.5 Å². The number of nitrogens with zero attached hydrogens (tertiary/aromatic N) is 2. The number of methoxy groups -OCH3 is 1. The molecule has 2 aromatic heterocycles. The molecule has 0 saturated heterocycles. The van der Waals surface area contributed by atoms with Crippen molar-refractivity contribution in [1.29, 1.82) is 0 Å². The Kier molecular flexibility index (Phi) is 10.5. The van der Waals surface area contributed by atoms with E-state index in [0.717, 1.165) is 0 Å². The maximum Gasteiger partial charge on any atom is 0.340 e. The number of benzene rings is 1. The first-order chi connectivity index (χ1) is 21.4. The van der Waals surface area contributed by atoms with E-state index in [9.17, 15) is 19.2 Å². The number of amides is 3. The van der Waals surface area contributed by atoms with Crippen LogP contribution < -0.4 is 20.1 Å². The Morgan fingerprint density at radius 1 is 1.18 bits per heavy atom. The van der Waals surface area contributed by atoms with Gasteiger partial charge in [-0.15, -0.1) is 0 Å². The molecule has 3 amide bonds. The normalized spacial score (nSPS) is 16.3. The van der Waals surface area contributed by atoms with Crippen LogP contribution in [-0.2, 0) is 20.9 Å². The summed E-state index contributed by atoms with van der Waals surface area (Å²) in [4.78, 5) is 62.0. The van der Waals surface area contributed by atoms with Gasteiger partial charge >= 0.3 is 5.97 Å². The fourth-order valence-corrected chi connectivity index (χ4v) is 5.17. The zero-order valence-electron chi connectivity index (χ0n) is 26.8. The molecular weight excluding hydrogens is 582 g/mol. The summed E-state index contributed by atoms with van der Waals surface area (Å²) in [6.45, 7) is 10.7.